The van der Waals surface area contributed by atoms with Crippen LogP contribution in [0.1, 0.15) is 12.5 Å². The first-order valence-electron chi connectivity index (χ1n) is 8.54. The largest absolute Gasteiger partial charge is 0.354 e. The number of thiocarbonyl (C=S) groups is 1. The lowest BCUT2D eigenvalue weighted by molar-refractivity contribution is 1.04. The van der Waals surface area contributed by atoms with E-state index >= 15 is 0 Å². The number of hydrazone groups is 1. The molecule has 6 heteroatoms. The van der Waals surface area contributed by atoms with Crippen molar-refractivity contribution < 1.29 is 0 Å². The maximum Gasteiger partial charge on any atom is 0.191 e. The molecule has 0 bridgehead atoms. The van der Waals surface area contributed by atoms with E-state index in [1.807, 2.05) is 43.3 Å². The van der Waals surface area contributed by atoms with E-state index in [2.05, 4.69) is 57.6 Å². The highest BCUT2D eigenvalue weighted by molar-refractivity contribution is 7.99. The molecule has 0 unspecified atom stereocenters. The molecule has 0 atom stereocenters. The van der Waals surface area contributed by atoms with Crippen LogP contribution < -0.4 is 16.1 Å². The molecule has 134 valence electrons. The molecule has 0 aromatic heterocycles. The van der Waals surface area contributed by atoms with E-state index in [-0.39, 0.29) is 0 Å². The third-order valence-corrected chi connectivity index (χ3v) is 5.48. The second kappa shape index (κ2) is 7.82. The summed E-state index contributed by atoms with van der Waals surface area (Å²) in [5, 5.41) is 11.5. The highest BCUT2D eigenvalue weighted by Crippen LogP contribution is 2.44. The first-order valence-corrected chi connectivity index (χ1v) is 9.76. The van der Waals surface area contributed by atoms with Gasteiger partial charge in [0.2, 0.25) is 0 Å². The third kappa shape index (κ3) is 4.13. The standard InChI is InChI=1S/C21H18N4S2/c1-14(24-25-21(26)22-16-7-3-2-4-8-16)15-11-12-20-18(13-15)23-17-9-5-6-10-19(17)27-20/h2-13,23H,1H3,(H2,22,25,26). The van der Waals surface area contributed by atoms with Crippen molar-refractivity contribution in [2.24, 2.45) is 5.10 Å². The highest BCUT2D eigenvalue weighted by atomic mass is 32.2. The van der Waals surface area contributed by atoms with Gasteiger partial charge in [0.1, 0.15) is 0 Å². The molecule has 4 nitrogen and oxygen atoms in total. The quantitative estimate of drug-likeness (QED) is 0.241. The predicted molar refractivity (Wildman–Crippen MR) is 118 cm³/mol. The van der Waals surface area contributed by atoms with Crippen molar-refractivity contribution in [2.45, 2.75) is 16.7 Å². The summed E-state index contributed by atoms with van der Waals surface area (Å²) in [6, 6.07) is 24.4. The van der Waals surface area contributed by atoms with Crippen LogP contribution in [0.2, 0.25) is 0 Å². The summed E-state index contributed by atoms with van der Waals surface area (Å²) < 4.78 is 0. The third-order valence-electron chi connectivity index (χ3n) is 4.13. The predicted octanol–water partition coefficient (Wildman–Crippen LogP) is 5.61. The van der Waals surface area contributed by atoms with E-state index in [9.17, 15) is 0 Å². The highest BCUT2D eigenvalue weighted by Gasteiger charge is 2.15. The summed E-state index contributed by atoms with van der Waals surface area (Å²) in [5.74, 6) is 0. The number of fused-ring (bicyclic) bond motifs is 2. The van der Waals surface area contributed by atoms with E-state index in [0.717, 1.165) is 28.3 Å². The topological polar surface area (TPSA) is 48.5 Å². The minimum atomic E-state index is 0.459. The molecular weight excluding hydrogens is 372 g/mol. The fourth-order valence-electron chi connectivity index (χ4n) is 2.74. The summed E-state index contributed by atoms with van der Waals surface area (Å²) in [4.78, 5) is 2.45. The minimum Gasteiger partial charge on any atom is -0.354 e. The molecule has 1 aliphatic heterocycles. The average molecular weight is 391 g/mol. The SMILES string of the molecule is CC(=NNC(=S)Nc1ccccc1)c1ccc2c(c1)Nc1ccccc1S2. The Morgan fingerprint density at radius 2 is 1.67 bits per heavy atom. The van der Waals surface area contributed by atoms with Gasteiger partial charge in [0.25, 0.3) is 0 Å². The number of benzene rings is 3. The van der Waals surface area contributed by atoms with Gasteiger partial charge in [0, 0.05) is 15.5 Å². The lowest BCUT2D eigenvalue weighted by Gasteiger charge is -2.21. The molecule has 0 aliphatic carbocycles. The fourth-order valence-corrected chi connectivity index (χ4v) is 3.88. The second-order valence-corrected chi connectivity index (χ2v) is 7.56. The van der Waals surface area contributed by atoms with Gasteiger partial charge in [-0.15, -0.1) is 0 Å². The van der Waals surface area contributed by atoms with Crippen LogP contribution in [-0.2, 0) is 0 Å². The van der Waals surface area contributed by atoms with Gasteiger partial charge in [0.15, 0.2) is 5.11 Å². The molecule has 1 heterocycles. The normalized spacial score (nSPS) is 12.4. The van der Waals surface area contributed by atoms with Gasteiger partial charge in [-0.05, 0) is 61.1 Å². The summed E-state index contributed by atoms with van der Waals surface area (Å²) in [7, 11) is 0. The van der Waals surface area contributed by atoms with E-state index < -0.39 is 0 Å². The van der Waals surface area contributed by atoms with Gasteiger partial charge in [0.05, 0.1) is 17.1 Å². The van der Waals surface area contributed by atoms with Crippen LogP contribution in [0.15, 0.2) is 87.7 Å². The lowest BCUT2D eigenvalue weighted by atomic mass is 10.1. The fraction of sp³-hybridized carbons (Fsp3) is 0.0476. The molecule has 0 spiro atoms. The molecule has 0 amide bonds. The zero-order valence-corrected chi connectivity index (χ0v) is 16.3. The van der Waals surface area contributed by atoms with Crippen LogP contribution in [0.25, 0.3) is 0 Å². The number of para-hydroxylation sites is 2. The Bertz CT molecular complexity index is 1020. The Labute approximate surface area is 168 Å². The number of anilines is 3. The molecule has 3 aromatic rings. The average Bonchev–Trinajstić information content (AvgIpc) is 2.70. The van der Waals surface area contributed by atoms with Crippen molar-refractivity contribution in [1.29, 1.82) is 0 Å². The van der Waals surface area contributed by atoms with Crippen LogP contribution in [0.3, 0.4) is 0 Å². The number of nitrogens with zero attached hydrogens (tertiary/aromatic N) is 1. The van der Waals surface area contributed by atoms with Gasteiger partial charge < -0.3 is 10.6 Å². The number of nitrogens with one attached hydrogen (secondary N) is 3. The van der Waals surface area contributed by atoms with Crippen LogP contribution >= 0.6 is 24.0 Å². The molecule has 3 aromatic carbocycles. The van der Waals surface area contributed by atoms with E-state index in [1.165, 1.54) is 9.79 Å². The Balaban J connectivity index is 1.46. The number of hydrogen-bond acceptors (Lipinski definition) is 4. The Hall–Kier alpha value is -2.83. The van der Waals surface area contributed by atoms with Gasteiger partial charge >= 0.3 is 0 Å². The van der Waals surface area contributed by atoms with Gasteiger partial charge in [-0.25, -0.2) is 0 Å². The molecule has 4 rings (SSSR count). The monoisotopic (exact) mass is 390 g/mol. The zero-order valence-electron chi connectivity index (χ0n) is 14.7. The molecule has 27 heavy (non-hydrogen) atoms. The molecule has 3 N–H and O–H groups in total. The molecular formula is C21H18N4S2. The van der Waals surface area contributed by atoms with Gasteiger partial charge in [-0.1, -0.05) is 48.2 Å². The van der Waals surface area contributed by atoms with E-state index in [0.29, 0.717) is 5.11 Å². The Morgan fingerprint density at radius 3 is 2.52 bits per heavy atom. The van der Waals surface area contributed by atoms with Crippen molar-refractivity contribution in [3.8, 4) is 0 Å². The van der Waals surface area contributed by atoms with E-state index in [1.54, 1.807) is 11.8 Å². The van der Waals surface area contributed by atoms with Crippen molar-refractivity contribution >= 4 is 51.9 Å². The van der Waals surface area contributed by atoms with Crippen molar-refractivity contribution in [3.05, 3.63) is 78.4 Å². The number of rotatable bonds is 3. The van der Waals surface area contributed by atoms with Crippen molar-refractivity contribution in [3.63, 3.8) is 0 Å². The molecule has 0 fully saturated rings. The van der Waals surface area contributed by atoms with Crippen molar-refractivity contribution in [2.75, 3.05) is 10.6 Å². The summed E-state index contributed by atoms with van der Waals surface area (Å²) >= 11 is 7.07. The number of hydrogen-bond donors (Lipinski definition) is 3. The Kier molecular flexibility index (Phi) is 5.09. The van der Waals surface area contributed by atoms with Crippen LogP contribution in [0.4, 0.5) is 17.1 Å². The van der Waals surface area contributed by atoms with Crippen LogP contribution in [0.5, 0.6) is 0 Å². The zero-order chi connectivity index (χ0) is 18.6. The summed E-state index contributed by atoms with van der Waals surface area (Å²) in [5.41, 5.74) is 7.96. The lowest BCUT2D eigenvalue weighted by Crippen LogP contribution is -2.24. The molecule has 0 saturated carbocycles. The van der Waals surface area contributed by atoms with Gasteiger partial charge in [-0.2, -0.15) is 5.10 Å². The van der Waals surface area contributed by atoms with Gasteiger partial charge in [-0.3, -0.25) is 5.43 Å². The summed E-state index contributed by atoms with van der Waals surface area (Å²) in [6.45, 7) is 1.96. The molecule has 0 radical (unpaired) electrons. The first kappa shape index (κ1) is 17.6. The first-order chi connectivity index (χ1) is 13.2. The smallest absolute Gasteiger partial charge is 0.191 e. The summed E-state index contributed by atoms with van der Waals surface area (Å²) in [6.07, 6.45) is 0. The van der Waals surface area contributed by atoms with Crippen LogP contribution in [-0.4, -0.2) is 10.8 Å². The maximum absolute atomic E-state index is 5.30. The Morgan fingerprint density at radius 1 is 0.926 bits per heavy atom. The second-order valence-electron chi connectivity index (χ2n) is 6.06. The van der Waals surface area contributed by atoms with Crippen LogP contribution in [0, 0.1) is 0 Å². The molecule has 0 saturated heterocycles. The minimum absolute atomic E-state index is 0.459. The molecule has 1 aliphatic rings. The maximum atomic E-state index is 5.30. The van der Waals surface area contributed by atoms with Crippen molar-refractivity contribution in [1.82, 2.24) is 5.43 Å². The van der Waals surface area contributed by atoms with E-state index in [4.69, 9.17) is 12.2 Å².